The molecule has 2 aromatic carbocycles. The van der Waals surface area contributed by atoms with E-state index in [1.807, 2.05) is 6.92 Å². The second-order valence-corrected chi connectivity index (χ2v) is 7.10. The highest BCUT2D eigenvalue weighted by Crippen LogP contribution is 2.46. The Morgan fingerprint density at radius 2 is 1.74 bits per heavy atom. The molecule has 1 heterocycles. The number of rotatable bonds is 5. The van der Waals surface area contributed by atoms with E-state index >= 15 is 0 Å². The summed E-state index contributed by atoms with van der Waals surface area (Å²) in [6.45, 7) is 3.54. The zero-order valence-electron chi connectivity index (χ0n) is 14.7. The van der Waals surface area contributed by atoms with Gasteiger partial charge in [0.2, 0.25) is 0 Å². The van der Waals surface area contributed by atoms with E-state index in [9.17, 15) is 22.0 Å². The van der Waals surface area contributed by atoms with Crippen LogP contribution in [0.5, 0.6) is 5.75 Å². The van der Waals surface area contributed by atoms with Crippen LogP contribution in [0.25, 0.3) is 20.5 Å². The molecule has 3 aromatic rings. The van der Waals surface area contributed by atoms with Gasteiger partial charge < -0.3 is 4.74 Å². The third-order valence-electron chi connectivity index (χ3n) is 4.18. The molecule has 0 amide bonds. The molecule has 0 aliphatic carbocycles. The molecule has 0 atom stereocenters. The minimum absolute atomic E-state index is 0.0420. The molecule has 1 nitrogen and oxygen atoms in total. The Labute approximate surface area is 157 Å². The molecule has 0 spiro atoms. The number of ether oxygens (including phenoxy) is 1. The molecular weight excluding hydrogens is 383 g/mol. The Morgan fingerprint density at radius 3 is 2.37 bits per heavy atom. The van der Waals surface area contributed by atoms with Crippen LogP contribution in [-0.4, -0.2) is 6.61 Å². The lowest BCUT2D eigenvalue weighted by atomic mass is 10.0. The highest BCUT2D eigenvalue weighted by atomic mass is 32.1. The van der Waals surface area contributed by atoms with E-state index < -0.39 is 23.4 Å². The van der Waals surface area contributed by atoms with Crippen molar-refractivity contribution in [1.29, 1.82) is 0 Å². The summed E-state index contributed by atoms with van der Waals surface area (Å²) in [5, 5.41) is 0.309. The van der Waals surface area contributed by atoms with Crippen molar-refractivity contribution in [2.75, 3.05) is 6.61 Å². The first-order valence-electron chi connectivity index (χ1n) is 8.51. The van der Waals surface area contributed by atoms with E-state index in [2.05, 4.69) is 0 Å². The van der Waals surface area contributed by atoms with Crippen LogP contribution in [0.1, 0.15) is 31.4 Å². The van der Waals surface area contributed by atoms with E-state index in [0.29, 0.717) is 18.2 Å². The molecule has 0 bridgehead atoms. The smallest absolute Gasteiger partial charge is 0.421 e. The lowest BCUT2D eigenvalue weighted by Crippen LogP contribution is -2.08. The largest absolute Gasteiger partial charge is 0.493 e. The molecule has 1 aromatic heterocycles. The molecule has 144 valence electrons. The van der Waals surface area contributed by atoms with Crippen LogP contribution in [0.2, 0.25) is 0 Å². The molecule has 3 rings (SSSR count). The van der Waals surface area contributed by atoms with Crippen LogP contribution < -0.4 is 4.74 Å². The fourth-order valence-corrected chi connectivity index (χ4v) is 4.24. The monoisotopic (exact) mass is 400 g/mol. The molecule has 7 heteroatoms. The van der Waals surface area contributed by atoms with E-state index in [4.69, 9.17) is 4.74 Å². The number of hydrogen-bond donors (Lipinski definition) is 0. The van der Waals surface area contributed by atoms with Gasteiger partial charge in [-0.2, -0.15) is 13.2 Å². The topological polar surface area (TPSA) is 9.23 Å². The van der Waals surface area contributed by atoms with Gasteiger partial charge in [0.25, 0.3) is 0 Å². The molecule has 0 aliphatic heterocycles. The summed E-state index contributed by atoms with van der Waals surface area (Å²) in [7, 11) is 0. The summed E-state index contributed by atoms with van der Waals surface area (Å²) in [6, 6.07) is 7.10. The number of aryl methyl sites for hydroxylation is 1. The fourth-order valence-electron chi connectivity index (χ4n) is 3.00. The van der Waals surface area contributed by atoms with Gasteiger partial charge in [-0.15, -0.1) is 11.3 Å². The normalized spacial score (nSPS) is 12.0. The van der Waals surface area contributed by atoms with Gasteiger partial charge in [-0.25, -0.2) is 8.78 Å². The van der Waals surface area contributed by atoms with Gasteiger partial charge in [-0.05, 0) is 42.5 Å². The third-order valence-corrected chi connectivity index (χ3v) is 5.38. The first-order valence-corrected chi connectivity index (χ1v) is 9.33. The quantitative estimate of drug-likeness (QED) is 0.411. The van der Waals surface area contributed by atoms with Crippen molar-refractivity contribution in [2.24, 2.45) is 0 Å². The zero-order chi connectivity index (χ0) is 19.8. The van der Waals surface area contributed by atoms with Gasteiger partial charge >= 0.3 is 6.18 Å². The Kier molecular flexibility index (Phi) is 5.42. The third kappa shape index (κ3) is 3.65. The van der Waals surface area contributed by atoms with Crippen molar-refractivity contribution in [2.45, 2.75) is 32.9 Å². The van der Waals surface area contributed by atoms with Gasteiger partial charge in [-0.1, -0.05) is 25.5 Å². The Morgan fingerprint density at radius 1 is 1.00 bits per heavy atom. The molecule has 0 fully saturated rings. The predicted molar refractivity (Wildman–Crippen MR) is 97.3 cm³/mol. The molecular formula is C20H17F5OS. The number of fused-ring (bicyclic) bond motifs is 1. The molecule has 0 radical (unpaired) electrons. The van der Waals surface area contributed by atoms with Crippen molar-refractivity contribution in [1.82, 2.24) is 0 Å². The average molecular weight is 400 g/mol. The maximum Gasteiger partial charge on any atom is 0.421 e. The van der Waals surface area contributed by atoms with E-state index in [1.54, 1.807) is 6.92 Å². The summed E-state index contributed by atoms with van der Waals surface area (Å²) in [5.74, 6) is -2.25. The highest BCUT2D eigenvalue weighted by Gasteiger charge is 2.37. The first kappa shape index (κ1) is 19.6. The summed E-state index contributed by atoms with van der Waals surface area (Å²) < 4.78 is 74.6. The molecule has 27 heavy (non-hydrogen) atoms. The van der Waals surface area contributed by atoms with Crippen LogP contribution in [0.15, 0.2) is 30.3 Å². The maximum absolute atomic E-state index is 14.5. The van der Waals surface area contributed by atoms with Gasteiger partial charge in [0, 0.05) is 10.4 Å². The maximum atomic E-state index is 14.5. The van der Waals surface area contributed by atoms with Crippen LogP contribution in [-0.2, 0) is 12.6 Å². The van der Waals surface area contributed by atoms with Gasteiger partial charge in [-0.3, -0.25) is 0 Å². The van der Waals surface area contributed by atoms with Crippen molar-refractivity contribution >= 4 is 21.4 Å². The lowest BCUT2D eigenvalue weighted by molar-refractivity contribution is -0.137. The van der Waals surface area contributed by atoms with E-state index in [1.165, 1.54) is 30.3 Å². The Balaban J connectivity index is 2.19. The number of thiophene rings is 1. The molecule has 0 N–H and O–H groups in total. The first-order chi connectivity index (χ1) is 12.8. The van der Waals surface area contributed by atoms with Crippen LogP contribution in [0.3, 0.4) is 0 Å². The minimum Gasteiger partial charge on any atom is -0.493 e. The van der Waals surface area contributed by atoms with Crippen molar-refractivity contribution in [3.63, 3.8) is 0 Å². The summed E-state index contributed by atoms with van der Waals surface area (Å²) >= 11 is 0.779. The van der Waals surface area contributed by atoms with Crippen molar-refractivity contribution < 1.29 is 26.7 Å². The highest BCUT2D eigenvalue weighted by molar-refractivity contribution is 7.22. The van der Waals surface area contributed by atoms with Gasteiger partial charge in [0.15, 0.2) is 11.6 Å². The second-order valence-electron chi connectivity index (χ2n) is 6.05. The number of halogens is 5. The van der Waals surface area contributed by atoms with Crippen LogP contribution in [0, 0.1) is 11.6 Å². The van der Waals surface area contributed by atoms with Crippen LogP contribution >= 0.6 is 11.3 Å². The number of alkyl halides is 3. The number of benzene rings is 2. The van der Waals surface area contributed by atoms with E-state index in [-0.39, 0.29) is 33.1 Å². The summed E-state index contributed by atoms with van der Waals surface area (Å²) in [6.07, 6.45) is -3.57. The van der Waals surface area contributed by atoms with Gasteiger partial charge in [0.05, 0.1) is 11.3 Å². The Bertz CT molecular complexity index is 975. The average Bonchev–Trinajstić information content (AvgIpc) is 3.01. The second kappa shape index (κ2) is 7.46. The van der Waals surface area contributed by atoms with Crippen molar-refractivity contribution in [3.8, 4) is 16.2 Å². The fraction of sp³-hybridized carbons (Fsp3) is 0.300. The molecule has 0 saturated carbocycles. The predicted octanol–water partition coefficient (Wildman–Crippen LogP) is 7.22. The zero-order valence-corrected chi connectivity index (χ0v) is 15.5. The van der Waals surface area contributed by atoms with Gasteiger partial charge in [0.1, 0.15) is 11.3 Å². The van der Waals surface area contributed by atoms with E-state index in [0.717, 1.165) is 11.3 Å². The number of hydrogen-bond acceptors (Lipinski definition) is 2. The van der Waals surface area contributed by atoms with Crippen LogP contribution in [0.4, 0.5) is 22.0 Å². The lowest BCUT2D eigenvalue weighted by Gasteiger charge is -2.13. The minimum atomic E-state index is -4.62. The van der Waals surface area contributed by atoms with Crippen molar-refractivity contribution in [3.05, 3.63) is 53.1 Å². The standard InChI is InChI=1S/C20H17F5OS/c1-3-5-11-6-8-13(18(22)17(11)21)15-10-12-7-9-14(26-4-2)16(19(12)27-15)20(23,24)25/h6-10H,3-5H2,1-2H3. The Hall–Kier alpha value is -2.15. The molecule has 0 unspecified atom stereocenters. The summed E-state index contributed by atoms with van der Waals surface area (Å²) in [5.41, 5.74) is -0.671. The SMILES string of the molecule is CCCc1ccc(-c2cc3ccc(OCC)c(C(F)(F)F)c3s2)c(F)c1F. The molecule has 0 aliphatic rings. The summed E-state index contributed by atoms with van der Waals surface area (Å²) in [4.78, 5) is 0.239. The molecule has 0 saturated heterocycles.